The second kappa shape index (κ2) is 6.06. The molecule has 0 aliphatic carbocycles. The van der Waals surface area contributed by atoms with Crippen LogP contribution in [0.5, 0.6) is 0 Å². The molecule has 1 N–H and O–H groups in total. The molecule has 2 rings (SSSR count). The first-order valence-electron chi connectivity index (χ1n) is 7.48. The molecule has 2 heteroatoms. The minimum atomic E-state index is 0.441. The number of nitrogens with one attached hydrogen (secondary N) is 1. The molecular formula is C17H28N2. The summed E-state index contributed by atoms with van der Waals surface area (Å²) in [5, 5.41) is 3.48. The third-order valence-electron chi connectivity index (χ3n) is 4.79. The van der Waals surface area contributed by atoms with Gasteiger partial charge in [-0.25, -0.2) is 0 Å². The van der Waals surface area contributed by atoms with Gasteiger partial charge in [0.2, 0.25) is 0 Å². The van der Waals surface area contributed by atoms with Crippen molar-refractivity contribution in [3.8, 4) is 0 Å². The highest BCUT2D eigenvalue weighted by atomic mass is 15.2. The van der Waals surface area contributed by atoms with E-state index >= 15 is 0 Å². The van der Waals surface area contributed by atoms with Gasteiger partial charge in [0.15, 0.2) is 0 Å². The van der Waals surface area contributed by atoms with E-state index in [-0.39, 0.29) is 0 Å². The molecule has 106 valence electrons. The summed E-state index contributed by atoms with van der Waals surface area (Å²) in [5.74, 6) is 1.66. The van der Waals surface area contributed by atoms with E-state index in [1.165, 1.54) is 29.8 Å². The maximum atomic E-state index is 3.48. The van der Waals surface area contributed by atoms with Crippen LogP contribution in [0.3, 0.4) is 0 Å². The van der Waals surface area contributed by atoms with Crippen LogP contribution in [0.25, 0.3) is 0 Å². The fourth-order valence-corrected chi connectivity index (χ4v) is 3.00. The van der Waals surface area contributed by atoms with Crippen molar-refractivity contribution < 1.29 is 0 Å². The van der Waals surface area contributed by atoms with Crippen molar-refractivity contribution in [3.05, 3.63) is 34.9 Å². The lowest BCUT2D eigenvalue weighted by molar-refractivity contribution is 0.287. The number of hydrogen-bond donors (Lipinski definition) is 1. The summed E-state index contributed by atoms with van der Waals surface area (Å²) < 4.78 is 0. The topological polar surface area (TPSA) is 15.3 Å². The van der Waals surface area contributed by atoms with Crippen LogP contribution < -0.4 is 5.32 Å². The average molecular weight is 260 g/mol. The molecule has 0 aromatic heterocycles. The molecule has 1 saturated heterocycles. The summed E-state index contributed by atoms with van der Waals surface area (Å²) in [6.07, 6.45) is 0. The van der Waals surface area contributed by atoms with Crippen molar-refractivity contribution >= 4 is 0 Å². The smallest absolute Gasteiger partial charge is 0.0446 e. The molecule has 0 bridgehead atoms. The first kappa shape index (κ1) is 14.5. The van der Waals surface area contributed by atoms with Gasteiger partial charge in [0.05, 0.1) is 0 Å². The van der Waals surface area contributed by atoms with Gasteiger partial charge in [-0.15, -0.1) is 0 Å². The molecule has 3 atom stereocenters. The van der Waals surface area contributed by atoms with E-state index < -0.39 is 0 Å². The zero-order chi connectivity index (χ0) is 14.0. The molecule has 0 saturated carbocycles. The lowest BCUT2D eigenvalue weighted by atomic mass is 10.0. The minimum absolute atomic E-state index is 0.441. The lowest BCUT2D eigenvalue weighted by Crippen LogP contribution is -2.32. The van der Waals surface area contributed by atoms with Gasteiger partial charge in [0.25, 0.3) is 0 Å². The van der Waals surface area contributed by atoms with Gasteiger partial charge in [0.1, 0.15) is 0 Å². The van der Waals surface area contributed by atoms with Gasteiger partial charge < -0.3 is 10.2 Å². The van der Waals surface area contributed by atoms with Crippen LogP contribution in [0.1, 0.15) is 36.6 Å². The fraction of sp³-hybridized carbons (Fsp3) is 0.647. The van der Waals surface area contributed by atoms with E-state index in [0.29, 0.717) is 6.04 Å². The molecule has 1 fully saturated rings. The Morgan fingerprint density at radius 3 is 2.32 bits per heavy atom. The third-order valence-corrected chi connectivity index (χ3v) is 4.79. The summed E-state index contributed by atoms with van der Waals surface area (Å²) in [7, 11) is 2.07. The maximum Gasteiger partial charge on any atom is 0.0446 e. The number of aryl methyl sites for hydroxylation is 2. The van der Waals surface area contributed by atoms with Crippen molar-refractivity contribution in [1.82, 2.24) is 10.2 Å². The highest BCUT2D eigenvalue weighted by Crippen LogP contribution is 2.25. The average Bonchev–Trinajstić information content (AvgIpc) is 2.69. The molecule has 0 spiro atoms. The second-order valence-electron chi connectivity index (χ2n) is 6.36. The largest absolute Gasteiger partial charge is 0.312 e. The Balaban J connectivity index is 2.06. The van der Waals surface area contributed by atoms with Gasteiger partial charge in [-0.3, -0.25) is 0 Å². The number of nitrogens with zero attached hydrogens (tertiary/aromatic N) is 1. The summed E-state index contributed by atoms with van der Waals surface area (Å²) in [6, 6.07) is 7.28. The summed E-state index contributed by atoms with van der Waals surface area (Å²) in [4.78, 5) is 2.60. The Hall–Kier alpha value is -0.860. The van der Waals surface area contributed by atoms with Crippen LogP contribution in [0.15, 0.2) is 18.2 Å². The molecule has 1 aromatic carbocycles. The van der Waals surface area contributed by atoms with Crippen LogP contribution in [0.4, 0.5) is 0 Å². The number of likely N-dealkylation sites (N-methyl/N-ethyl adjacent to an activating group) is 1. The molecule has 1 aliphatic rings. The van der Waals surface area contributed by atoms with Crippen molar-refractivity contribution in [2.45, 2.75) is 33.7 Å². The maximum absolute atomic E-state index is 3.48. The monoisotopic (exact) mass is 260 g/mol. The molecule has 1 aromatic rings. The minimum Gasteiger partial charge on any atom is -0.312 e. The highest BCUT2D eigenvalue weighted by molar-refractivity contribution is 5.31. The number of likely N-dealkylation sites (tertiary alicyclic amines) is 1. The van der Waals surface area contributed by atoms with Gasteiger partial charge in [-0.2, -0.15) is 0 Å². The molecule has 1 aliphatic heterocycles. The summed E-state index contributed by atoms with van der Waals surface area (Å²) in [5.41, 5.74) is 4.18. The highest BCUT2D eigenvalue weighted by Gasteiger charge is 2.27. The third kappa shape index (κ3) is 3.37. The predicted octanol–water partition coefficient (Wildman–Crippen LogP) is 3.15. The molecular weight excluding hydrogens is 232 g/mol. The van der Waals surface area contributed by atoms with E-state index in [4.69, 9.17) is 0 Å². The molecule has 1 heterocycles. The molecule has 3 unspecified atom stereocenters. The number of benzene rings is 1. The summed E-state index contributed by atoms with van der Waals surface area (Å²) in [6.45, 7) is 12.7. The van der Waals surface area contributed by atoms with E-state index in [1.807, 2.05) is 0 Å². The molecule has 0 radical (unpaired) electrons. The van der Waals surface area contributed by atoms with Gasteiger partial charge in [-0.1, -0.05) is 32.0 Å². The van der Waals surface area contributed by atoms with E-state index in [9.17, 15) is 0 Å². The van der Waals surface area contributed by atoms with E-state index in [0.717, 1.165) is 18.4 Å². The van der Waals surface area contributed by atoms with E-state index in [1.54, 1.807) is 0 Å². The SMILES string of the molecule is CNC(CN1CC(C)C(C)C1)c1ccc(C)c(C)c1. The zero-order valence-electron chi connectivity index (χ0n) is 13.0. The molecule has 2 nitrogen and oxygen atoms in total. The Bertz CT molecular complexity index is 417. The van der Waals surface area contributed by atoms with Gasteiger partial charge >= 0.3 is 0 Å². The first-order chi connectivity index (χ1) is 9.01. The van der Waals surface area contributed by atoms with Gasteiger partial charge in [0, 0.05) is 25.7 Å². The van der Waals surface area contributed by atoms with Crippen molar-refractivity contribution in [1.29, 1.82) is 0 Å². The fourth-order valence-electron chi connectivity index (χ4n) is 3.00. The van der Waals surface area contributed by atoms with Crippen LogP contribution >= 0.6 is 0 Å². The first-order valence-corrected chi connectivity index (χ1v) is 7.48. The second-order valence-corrected chi connectivity index (χ2v) is 6.36. The Kier molecular flexibility index (Phi) is 4.64. The summed E-state index contributed by atoms with van der Waals surface area (Å²) >= 11 is 0. The van der Waals surface area contributed by atoms with Crippen LogP contribution in [0.2, 0.25) is 0 Å². The molecule has 19 heavy (non-hydrogen) atoms. The van der Waals surface area contributed by atoms with Crippen LogP contribution in [0, 0.1) is 25.7 Å². The van der Waals surface area contributed by atoms with Crippen molar-refractivity contribution in [3.63, 3.8) is 0 Å². The van der Waals surface area contributed by atoms with Crippen LogP contribution in [-0.2, 0) is 0 Å². The Morgan fingerprint density at radius 1 is 1.16 bits per heavy atom. The van der Waals surface area contributed by atoms with Gasteiger partial charge in [-0.05, 0) is 49.4 Å². The van der Waals surface area contributed by atoms with Crippen molar-refractivity contribution in [2.75, 3.05) is 26.7 Å². The Morgan fingerprint density at radius 2 is 1.79 bits per heavy atom. The van der Waals surface area contributed by atoms with Crippen molar-refractivity contribution in [2.24, 2.45) is 11.8 Å². The molecule has 0 amide bonds. The predicted molar refractivity (Wildman–Crippen MR) is 82.5 cm³/mol. The number of rotatable bonds is 4. The standard InChI is InChI=1S/C17H28N2/c1-12-6-7-16(8-13(12)2)17(18-5)11-19-9-14(3)15(4)10-19/h6-8,14-15,17-18H,9-11H2,1-5H3. The van der Waals surface area contributed by atoms with E-state index in [2.05, 4.69) is 63.2 Å². The quantitative estimate of drug-likeness (QED) is 0.894. The lowest BCUT2D eigenvalue weighted by Gasteiger charge is -2.24. The normalized spacial score (nSPS) is 25.7. The van der Waals surface area contributed by atoms with Crippen LogP contribution in [-0.4, -0.2) is 31.6 Å². The zero-order valence-corrected chi connectivity index (χ0v) is 13.0. The number of hydrogen-bond acceptors (Lipinski definition) is 2. The Labute approximate surface area is 118 Å².